The molecule has 0 bridgehead atoms. The van der Waals surface area contributed by atoms with Gasteiger partial charge in [0, 0.05) is 68.6 Å². The van der Waals surface area contributed by atoms with Crippen LogP contribution >= 0.6 is 0 Å². The number of hydrogen-bond acceptors (Lipinski definition) is 4. The number of nitrogens with zero attached hydrogens (tertiary/aromatic N) is 3. The van der Waals surface area contributed by atoms with Gasteiger partial charge < -0.3 is 20.0 Å². The molecule has 4 aromatic rings. The van der Waals surface area contributed by atoms with Crippen molar-refractivity contribution < 1.29 is 0 Å². The number of rotatable bonds is 15. The topological polar surface area (TPSA) is 21.8 Å². The molecule has 1 N–H and O–H groups in total. The standard InChI is InChI=1S/C39H52N4/c1-8-40-35-23-15-31(16-24-35)39(32-17-25-36(26-18-32)41(9-2)10-3,33-19-27-37(28-20-33)42(11-4)12-5)34-21-29-38(30-22-34)43(13-6)14-7/h15-30,40H,8-14H2,1-7H3. The van der Waals surface area contributed by atoms with Crippen LogP contribution in [0, 0.1) is 0 Å². The Morgan fingerprint density at radius 2 is 0.651 bits per heavy atom. The quantitative estimate of drug-likeness (QED) is 0.143. The zero-order valence-corrected chi connectivity index (χ0v) is 27.5. The molecule has 4 aromatic carbocycles. The third kappa shape index (κ3) is 6.54. The first-order chi connectivity index (χ1) is 21.0. The van der Waals surface area contributed by atoms with Gasteiger partial charge in [0.2, 0.25) is 0 Å². The Balaban J connectivity index is 2.01. The molecule has 0 aliphatic carbocycles. The lowest BCUT2D eigenvalue weighted by Gasteiger charge is -2.38. The first kappa shape index (κ1) is 32.0. The lowest BCUT2D eigenvalue weighted by Crippen LogP contribution is -2.32. The molecule has 228 valence electrons. The normalized spacial score (nSPS) is 11.3. The van der Waals surface area contributed by atoms with Crippen LogP contribution in [0.5, 0.6) is 0 Å². The fraction of sp³-hybridized carbons (Fsp3) is 0.385. The third-order valence-electron chi connectivity index (χ3n) is 8.99. The average molecular weight is 577 g/mol. The van der Waals surface area contributed by atoms with Crippen molar-refractivity contribution in [3.8, 4) is 0 Å². The van der Waals surface area contributed by atoms with Gasteiger partial charge in [0.1, 0.15) is 0 Å². The fourth-order valence-corrected chi connectivity index (χ4v) is 6.58. The predicted octanol–water partition coefficient (Wildman–Crippen LogP) is 9.04. The molecule has 0 atom stereocenters. The van der Waals surface area contributed by atoms with E-state index in [1.807, 2.05) is 0 Å². The number of benzene rings is 4. The first-order valence-corrected chi connectivity index (χ1v) is 16.4. The van der Waals surface area contributed by atoms with E-state index in [-0.39, 0.29) is 0 Å². The predicted molar refractivity (Wildman–Crippen MR) is 190 cm³/mol. The van der Waals surface area contributed by atoms with Gasteiger partial charge >= 0.3 is 0 Å². The van der Waals surface area contributed by atoms with E-state index < -0.39 is 5.41 Å². The van der Waals surface area contributed by atoms with Crippen molar-refractivity contribution in [2.45, 2.75) is 53.9 Å². The zero-order chi connectivity index (χ0) is 30.8. The smallest absolute Gasteiger partial charge is 0.0701 e. The summed E-state index contributed by atoms with van der Waals surface area (Å²) in [6, 6.07) is 37.0. The van der Waals surface area contributed by atoms with Crippen molar-refractivity contribution >= 4 is 22.7 Å². The highest BCUT2D eigenvalue weighted by atomic mass is 15.1. The van der Waals surface area contributed by atoms with Gasteiger partial charge in [-0.25, -0.2) is 0 Å². The second-order valence-electron chi connectivity index (χ2n) is 11.0. The lowest BCUT2D eigenvalue weighted by molar-refractivity contribution is 0.742. The average Bonchev–Trinajstić information content (AvgIpc) is 3.06. The summed E-state index contributed by atoms with van der Waals surface area (Å²) >= 11 is 0. The Labute approximate surface area is 261 Å². The highest BCUT2D eigenvalue weighted by Crippen LogP contribution is 2.46. The number of hydrogen-bond donors (Lipinski definition) is 1. The van der Waals surface area contributed by atoms with Crippen molar-refractivity contribution in [2.75, 3.05) is 65.8 Å². The summed E-state index contributed by atoms with van der Waals surface area (Å²) in [6.45, 7) is 22.3. The van der Waals surface area contributed by atoms with Gasteiger partial charge in [-0.2, -0.15) is 0 Å². The van der Waals surface area contributed by atoms with E-state index in [4.69, 9.17) is 0 Å². The molecule has 4 rings (SSSR count). The van der Waals surface area contributed by atoms with Gasteiger partial charge in [0.15, 0.2) is 0 Å². The fourth-order valence-electron chi connectivity index (χ4n) is 6.58. The van der Waals surface area contributed by atoms with Gasteiger partial charge in [-0.1, -0.05) is 48.5 Å². The molecule has 0 aliphatic heterocycles. The summed E-state index contributed by atoms with van der Waals surface area (Å²) in [6.07, 6.45) is 0. The monoisotopic (exact) mass is 576 g/mol. The maximum atomic E-state index is 3.49. The highest BCUT2D eigenvalue weighted by molar-refractivity contribution is 5.65. The summed E-state index contributed by atoms with van der Waals surface area (Å²) in [5, 5.41) is 3.49. The largest absolute Gasteiger partial charge is 0.385 e. The minimum absolute atomic E-state index is 0.490. The first-order valence-electron chi connectivity index (χ1n) is 16.4. The molecule has 0 saturated carbocycles. The van der Waals surface area contributed by atoms with Crippen LogP contribution in [0.1, 0.15) is 70.7 Å². The van der Waals surface area contributed by atoms with Crippen LogP contribution in [-0.4, -0.2) is 45.8 Å². The Kier molecular flexibility index (Phi) is 11.2. The Morgan fingerprint density at radius 3 is 0.884 bits per heavy atom. The van der Waals surface area contributed by atoms with E-state index in [1.54, 1.807) is 0 Å². The Morgan fingerprint density at radius 1 is 0.395 bits per heavy atom. The number of anilines is 4. The van der Waals surface area contributed by atoms with Crippen molar-refractivity contribution in [1.82, 2.24) is 0 Å². The molecular weight excluding hydrogens is 524 g/mol. The van der Waals surface area contributed by atoms with Crippen LogP contribution in [0.25, 0.3) is 0 Å². The maximum absolute atomic E-state index is 3.49. The molecule has 0 saturated heterocycles. The third-order valence-corrected chi connectivity index (χ3v) is 8.99. The molecule has 0 aliphatic rings. The van der Waals surface area contributed by atoms with E-state index in [1.165, 1.54) is 39.3 Å². The van der Waals surface area contributed by atoms with Gasteiger partial charge in [-0.3, -0.25) is 0 Å². The summed E-state index contributed by atoms with van der Waals surface area (Å²) in [5.41, 5.74) is 9.51. The van der Waals surface area contributed by atoms with Crippen LogP contribution in [0.15, 0.2) is 97.1 Å². The number of nitrogens with one attached hydrogen (secondary N) is 1. The molecule has 0 unspecified atom stereocenters. The van der Waals surface area contributed by atoms with E-state index in [2.05, 4.69) is 166 Å². The van der Waals surface area contributed by atoms with Crippen molar-refractivity contribution in [3.63, 3.8) is 0 Å². The SMILES string of the molecule is CCNc1ccc(C(c2ccc(N(CC)CC)cc2)(c2ccc(N(CC)CC)cc2)c2ccc(N(CC)CC)cc2)cc1. The molecule has 0 aromatic heterocycles. The van der Waals surface area contributed by atoms with E-state index in [0.29, 0.717) is 0 Å². The van der Waals surface area contributed by atoms with Crippen LogP contribution < -0.4 is 20.0 Å². The molecule has 0 spiro atoms. The summed E-state index contributed by atoms with van der Waals surface area (Å²) in [4.78, 5) is 7.23. The van der Waals surface area contributed by atoms with Crippen LogP contribution in [0.2, 0.25) is 0 Å². The Hall–Kier alpha value is -3.92. The van der Waals surface area contributed by atoms with Gasteiger partial charge in [0.05, 0.1) is 5.41 Å². The van der Waals surface area contributed by atoms with Crippen molar-refractivity contribution in [3.05, 3.63) is 119 Å². The van der Waals surface area contributed by atoms with Crippen LogP contribution in [-0.2, 0) is 5.41 Å². The van der Waals surface area contributed by atoms with Crippen LogP contribution in [0.3, 0.4) is 0 Å². The maximum Gasteiger partial charge on any atom is 0.0701 e. The Bertz CT molecular complexity index is 1230. The molecule has 0 amide bonds. The molecule has 43 heavy (non-hydrogen) atoms. The van der Waals surface area contributed by atoms with Crippen molar-refractivity contribution in [2.24, 2.45) is 0 Å². The summed E-state index contributed by atoms with van der Waals surface area (Å²) in [5.74, 6) is 0. The highest BCUT2D eigenvalue weighted by Gasteiger charge is 2.38. The lowest BCUT2D eigenvalue weighted by atomic mass is 9.65. The van der Waals surface area contributed by atoms with Crippen molar-refractivity contribution in [1.29, 1.82) is 0 Å². The molecule has 0 heterocycles. The molecule has 0 fully saturated rings. The summed E-state index contributed by atoms with van der Waals surface area (Å²) < 4.78 is 0. The minimum atomic E-state index is -0.490. The van der Waals surface area contributed by atoms with Gasteiger partial charge in [0.25, 0.3) is 0 Å². The second kappa shape index (κ2) is 15.0. The summed E-state index contributed by atoms with van der Waals surface area (Å²) in [7, 11) is 0. The van der Waals surface area contributed by atoms with E-state index in [9.17, 15) is 0 Å². The zero-order valence-electron chi connectivity index (χ0n) is 27.5. The van der Waals surface area contributed by atoms with E-state index in [0.717, 1.165) is 51.5 Å². The van der Waals surface area contributed by atoms with E-state index >= 15 is 0 Å². The van der Waals surface area contributed by atoms with Gasteiger partial charge in [-0.05, 0) is 119 Å². The molecular formula is C39H52N4. The second-order valence-corrected chi connectivity index (χ2v) is 11.0. The molecule has 4 heteroatoms. The molecule has 4 nitrogen and oxygen atoms in total. The minimum Gasteiger partial charge on any atom is -0.385 e. The van der Waals surface area contributed by atoms with Crippen LogP contribution in [0.4, 0.5) is 22.7 Å². The van der Waals surface area contributed by atoms with Gasteiger partial charge in [-0.15, -0.1) is 0 Å². The molecule has 0 radical (unpaired) electrons.